The van der Waals surface area contributed by atoms with Gasteiger partial charge in [-0.3, -0.25) is 10.1 Å². The van der Waals surface area contributed by atoms with Gasteiger partial charge in [-0.05, 0) is 24.6 Å². The zero-order valence-corrected chi connectivity index (χ0v) is 9.64. The van der Waals surface area contributed by atoms with Crippen LogP contribution in [0.2, 0.25) is 0 Å². The molecule has 94 valence electrons. The van der Waals surface area contributed by atoms with E-state index in [9.17, 15) is 14.5 Å². The van der Waals surface area contributed by atoms with Gasteiger partial charge in [-0.1, -0.05) is 0 Å². The number of nitro benzene ring substituents is 1. The summed E-state index contributed by atoms with van der Waals surface area (Å²) >= 11 is 0. The third-order valence-corrected chi connectivity index (χ3v) is 2.57. The normalized spacial score (nSPS) is 10.3. The molecule has 0 fully saturated rings. The molecule has 1 heterocycles. The van der Waals surface area contributed by atoms with Crippen molar-refractivity contribution < 1.29 is 13.7 Å². The van der Waals surface area contributed by atoms with E-state index in [1.807, 2.05) is 13.0 Å². The molecule has 0 spiro atoms. The van der Waals surface area contributed by atoms with Gasteiger partial charge in [-0.2, -0.15) is 4.39 Å². The first-order valence-corrected chi connectivity index (χ1v) is 5.28. The zero-order valence-electron chi connectivity index (χ0n) is 9.64. The Bertz CT molecular complexity index is 580. The van der Waals surface area contributed by atoms with Crippen LogP contribution in [0.4, 0.5) is 15.8 Å². The average Bonchev–Trinajstić information content (AvgIpc) is 2.72. The lowest BCUT2D eigenvalue weighted by Crippen LogP contribution is -2.01. The predicted molar refractivity (Wildman–Crippen MR) is 63.8 cm³/mol. The molecule has 0 radical (unpaired) electrons. The van der Waals surface area contributed by atoms with E-state index >= 15 is 0 Å². The van der Waals surface area contributed by atoms with Crippen molar-refractivity contribution in [2.24, 2.45) is 0 Å². The van der Waals surface area contributed by atoms with E-state index in [1.165, 1.54) is 6.07 Å². The molecule has 5 nitrogen and oxygen atoms in total. The van der Waals surface area contributed by atoms with E-state index in [1.54, 1.807) is 6.26 Å². The Labute approximate surface area is 102 Å². The number of anilines is 1. The largest absolute Gasteiger partial charge is 0.467 e. The van der Waals surface area contributed by atoms with Crippen LogP contribution in [0.25, 0.3) is 0 Å². The van der Waals surface area contributed by atoms with Gasteiger partial charge in [0.1, 0.15) is 5.76 Å². The van der Waals surface area contributed by atoms with Crippen molar-refractivity contribution in [3.05, 3.63) is 57.8 Å². The number of rotatable bonds is 4. The first-order chi connectivity index (χ1) is 8.58. The molecule has 0 atom stereocenters. The standard InChI is InChI=1S/C12H11FN2O3/c1-8-4-5-18-12(8)7-14-9-2-3-11(15(16)17)10(13)6-9/h2-6,14H,7H2,1H3. The van der Waals surface area contributed by atoms with E-state index in [2.05, 4.69) is 5.32 Å². The topological polar surface area (TPSA) is 68.3 Å². The van der Waals surface area contributed by atoms with Gasteiger partial charge in [0.05, 0.1) is 17.7 Å². The second kappa shape index (κ2) is 4.87. The fourth-order valence-corrected chi connectivity index (χ4v) is 1.53. The molecule has 2 aromatic rings. The first-order valence-electron chi connectivity index (χ1n) is 5.28. The summed E-state index contributed by atoms with van der Waals surface area (Å²) in [5, 5.41) is 13.4. The van der Waals surface area contributed by atoms with Crippen molar-refractivity contribution in [1.82, 2.24) is 0 Å². The molecule has 6 heteroatoms. The molecular weight excluding hydrogens is 239 g/mol. The van der Waals surface area contributed by atoms with Gasteiger partial charge in [0.15, 0.2) is 0 Å². The lowest BCUT2D eigenvalue weighted by atomic mass is 10.2. The Morgan fingerprint density at radius 1 is 1.44 bits per heavy atom. The molecule has 0 amide bonds. The van der Waals surface area contributed by atoms with E-state index < -0.39 is 16.4 Å². The molecule has 0 aliphatic carbocycles. The molecule has 18 heavy (non-hydrogen) atoms. The maximum atomic E-state index is 13.3. The average molecular weight is 250 g/mol. The quantitative estimate of drug-likeness (QED) is 0.668. The Hall–Kier alpha value is -2.37. The monoisotopic (exact) mass is 250 g/mol. The van der Waals surface area contributed by atoms with Crippen LogP contribution in [0.3, 0.4) is 0 Å². The Morgan fingerprint density at radius 2 is 2.22 bits per heavy atom. The molecule has 1 aromatic carbocycles. The molecule has 0 saturated heterocycles. The third kappa shape index (κ3) is 2.48. The van der Waals surface area contributed by atoms with Gasteiger partial charge in [0.25, 0.3) is 0 Å². The van der Waals surface area contributed by atoms with Crippen molar-refractivity contribution in [2.75, 3.05) is 5.32 Å². The van der Waals surface area contributed by atoms with Crippen LogP contribution in [-0.2, 0) is 6.54 Å². The van der Waals surface area contributed by atoms with E-state index in [-0.39, 0.29) is 0 Å². The van der Waals surface area contributed by atoms with Crippen LogP contribution in [0, 0.1) is 22.9 Å². The fourth-order valence-electron chi connectivity index (χ4n) is 1.53. The lowest BCUT2D eigenvalue weighted by molar-refractivity contribution is -0.387. The minimum absolute atomic E-state index is 0.399. The Balaban J connectivity index is 2.09. The second-order valence-corrected chi connectivity index (χ2v) is 3.80. The minimum Gasteiger partial charge on any atom is -0.467 e. The number of furan rings is 1. The second-order valence-electron chi connectivity index (χ2n) is 3.80. The molecule has 0 aliphatic rings. The summed E-state index contributed by atoms with van der Waals surface area (Å²) < 4.78 is 18.6. The number of aryl methyl sites for hydroxylation is 1. The number of halogens is 1. The van der Waals surface area contributed by atoms with E-state index in [0.29, 0.717) is 12.2 Å². The highest BCUT2D eigenvalue weighted by atomic mass is 19.1. The van der Waals surface area contributed by atoms with Crippen LogP contribution >= 0.6 is 0 Å². The van der Waals surface area contributed by atoms with Gasteiger partial charge in [-0.15, -0.1) is 0 Å². The maximum absolute atomic E-state index is 13.3. The fraction of sp³-hybridized carbons (Fsp3) is 0.167. The summed E-state index contributed by atoms with van der Waals surface area (Å²) in [6.07, 6.45) is 1.57. The van der Waals surface area contributed by atoms with Crippen LogP contribution < -0.4 is 5.32 Å². The van der Waals surface area contributed by atoms with Crippen molar-refractivity contribution in [1.29, 1.82) is 0 Å². The van der Waals surface area contributed by atoms with Gasteiger partial charge in [-0.25, -0.2) is 0 Å². The molecule has 2 rings (SSSR count). The minimum atomic E-state index is -0.860. The van der Waals surface area contributed by atoms with Crippen molar-refractivity contribution in [3.8, 4) is 0 Å². The number of hydrogen-bond acceptors (Lipinski definition) is 4. The molecule has 0 aliphatic heterocycles. The molecule has 0 bridgehead atoms. The summed E-state index contributed by atoms with van der Waals surface area (Å²) in [4.78, 5) is 9.70. The Kier molecular flexibility index (Phi) is 3.27. The van der Waals surface area contributed by atoms with Crippen LogP contribution in [0.1, 0.15) is 11.3 Å². The summed E-state index contributed by atoms with van der Waals surface area (Å²) in [5.74, 6) is -0.116. The lowest BCUT2D eigenvalue weighted by Gasteiger charge is -2.05. The highest BCUT2D eigenvalue weighted by Gasteiger charge is 2.13. The van der Waals surface area contributed by atoms with Gasteiger partial charge < -0.3 is 9.73 Å². The van der Waals surface area contributed by atoms with Crippen molar-refractivity contribution in [2.45, 2.75) is 13.5 Å². The van der Waals surface area contributed by atoms with Gasteiger partial charge in [0, 0.05) is 17.8 Å². The molecule has 1 aromatic heterocycles. The summed E-state index contributed by atoms with van der Waals surface area (Å²) in [6.45, 7) is 2.30. The zero-order chi connectivity index (χ0) is 13.1. The van der Waals surface area contributed by atoms with E-state index in [0.717, 1.165) is 23.5 Å². The third-order valence-electron chi connectivity index (χ3n) is 2.57. The number of nitrogens with one attached hydrogen (secondary N) is 1. The van der Waals surface area contributed by atoms with Crippen LogP contribution in [0.15, 0.2) is 34.9 Å². The first kappa shape index (κ1) is 12.1. The van der Waals surface area contributed by atoms with Crippen molar-refractivity contribution in [3.63, 3.8) is 0 Å². The summed E-state index contributed by atoms with van der Waals surface area (Å²) in [7, 11) is 0. The highest BCUT2D eigenvalue weighted by molar-refractivity contribution is 5.49. The Morgan fingerprint density at radius 3 is 2.78 bits per heavy atom. The van der Waals surface area contributed by atoms with Crippen molar-refractivity contribution >= 4 is 11.4 Å². The van der Waals surface area contributed by atoms with Crippen LogP contribution in [0.5, 0.6) is 0 Å². The molecule has 0 unspecified atom stereocenters. The van der Waals surface area contributed by atoms with E-state index in [4.69, 9.17) is 4.42 Å². The smallest absolute Gasteiger partial charge is 0.304 e. The highest BCUT2D eigenvalue weighted by Crippen LogP contribution is 2.21. The SMILES string of the molecule is Cc1ccoc1CNc1ccc([N+](=O)[O-])c(F)c1. The molecular formula is C12H11FN2O3. The molecule has 1 N–H and O–H groups in total. The summed E-state index contributed by atoms with van der Waals surface area (Å²) in [5.41, 5.74) is 0.925. The van der Waals surface area contributed by atoms with Gasteiger partial charge in [0.2, 0.25) is 5.82 Å². The van der Waals surface area contributed by atoms with Gasteiger partial charge >= 0.3 is 5.69 Å². The molecule has 0 saturated carbocycles. The number of hydrogen-bond donors (Lipinski definition) is 1. The number of benzene rings is 1. The number of nitrogens with zero attached hydrogens (tertiary/aromatic N) is 1. The van der Waals surface area contributed by atoms with Crippen LogP contribution in [-0.4, -0.2) is 4.92 Å². The maximum Gasteiger partial charge on any atom is 0.304 e. The predicted octanol–water partition coefficient (Wildman–Crippen LogP) is 3.25. The summed E-state index contributed by atoms with van der Waals surface area (Å²) in [6, 6.07) is 5.51. The number of nitro groups is 1.